The van der Waals surface area contributed by atoms with Crippen molar-refractivity contribution in [2.24, 2.45) is 0 Å². The Morgan fingerprint density at radius 2 is 1.89 bits per heavy atom. The van der Waals surface area contributed by atoms with Crippen LogP contribution in [0.3, 0.4) is 0 Å². The number of amides is 1. The van der Waals surface area contributed by atoms with Crippen LogP contribution in [0.1, 0.15) is 43.4 Å². The van der Waals surface area contributed by atoms with Crippen LogP contribution >= 0.6 is 12.4 Å². The molecule has 0 spiro atoms. The van der Waals surface area contributed by atoms with Crippen LogP contribution < -0.4 is 10.1 Å². The lowest BCUT2D eigenvalue weighted by molar-refractivity contribution is -0.141. The van der Waals surface area contributed by atoms with Gasteiger partial charge < -0.3 is 19.9 Å². The number of carbonyl (C=O) groups excluding carboxylic acids is 1. The molecule has 2 heterocycles. The average Bonchev–Trinajstić information content (AvgIpc) is 3.28. The zero-order valence-electron chi connectivity index (χ0n) is 19.4. The molecule has 10 heteroatoms. The molecule has 35 heavy (non-hydrogen) atoms. The fourth-order valence-corrected chi connectivity index (χ4v) is 4.72. The van der Waals surface area contributed by atoms with Crippen molar-refractivity contribution in [3.8, 4) is 11.5 Å². The first-order chi connectivity index (χ1) is 16.2. The van der Waals surface area contributed by atoms with E-state index in [0.717, 1.165) is 17.7 Å². The van der Waals surface area contributed by atoms with E-state index in [0.29, 0.717) is 45.6 Å². The lowest BCUT2D eigenvalue weighted by atomic mass is 9.86. The maximum absolute atomic E-state index is 13.6. The van der Waals surface area contributed by atoms with Crippen LogP contribution in [0.2, 0.25) is 0 Å². The third-order valence-corrected chi connectivity index (χ3v) is 6.70. The molecule has 0 aromatic heterocycles. The molecule has 2 saturated heterocycles. The number of aromatic hydroxyl groups is 1. The van der Waals surface area contributed by atoms with Gasteiger partial charge in [-0.15, -0.1) is 12.4 Å². The first-order valence-electron chi connectivity index (χ1n) is 11.4. The maximum Gasteiger partial charge on any atom is 0.416 e. The van der Waals surface area contributed by atoms with E-state index in [1.54, 1.807) is 24.3 Å². The van der Waals surface area contributed by atoms with E-state index in [2.05, 4.69) is 10.2 Å². The molecular weight excluding hydrogens is 485 g/mol. The third-order valence-electron chi connectivity index (χ3n) is 6.70. The van der Waals surface area contributed by atoms with Crippen molar-refractivity contribution in [1.82, 2.24) is 10.2 Å². The van der Waals surface area contributed by atoms with Gasteiger partial charge in [0.1, 0.15) is 23.1 Å². The van der Waals surface area contributed by atoms with Crippen molar-refractivity contribution >= 4 is 18.3 Å². The number of benzene rings is 2. The van der Waals surface area contributed by atoms with Gasteiger partial charge >= 0.3 is 6.18 Å². The van der Waals surface area contributed by atoms with Crippen LogP contribution in [0.25, 0.3) is 0 Å². The summed E-state index contributed by atoms with van der Waals surface area (Å²) in [4.78, 5) is 15.6. The predicted molar refractivity (Wildman–Crippen MR) is 127 cm³/mol. The van der Waals surface area contributed by atoms with Crippen molar-refractivity contribution in [2.75, 3.05) is 26.3 Å². The lowest BCUT2D eigenvalue weighted by Gasteiger charge is -2.43. The highest BCUT2D eigenvalue weighted by Crippen LogP contribution is 2.35. The van der Waals surface area contributed by atoms with Gasteiger partial charge in [-0.3, -0.25) is 9.69 Å². The molecule has 0 radical (unpaired) electrons. The molecule has 2 aromatic carbocycles. The molecule has 2 aliphatic rings. The summed E-state index contributed by atoms with van der Waals surface area (Å²) in [5.41, 5.74) is -0.640. The Hall–Kier alpha value is -2.49. The van der Waals surface area contributed by atoms with E-state index in [9.17, 15) is 23.1 Å². The molecular formula is C25H30ClF3N2O4. The summed E-state index contributed by atoms with van der Waals surface area (Å²) in [6.07, 6.45) is -3.08. The van der Waals surface area contributed by atoms with Crippen molar-refractivity contribution in [2.45, 2.75) is 50.0 Å². The van der Waals surface area contributed by atoms with E-state index in [4.69, 9.17) is 9.47 Å². The molecule has 192 valence electrons. The maximum atomic E-state index is 13.6. The summed E-state index contributed by atoms with van der Waals surface area (Å²) in [6.45, 7) is 3.84. The Bertz CT molecular complexity index is 997. The molecule has 0 aliphatic carbocycles. The second-order valence-corrected chi connectivity index (χ2v) is 8.93. The molecule has 2 atom stereocenters. The SMILES string of the molecule is C[C@H](NC(=O)C1(N2CC[C@@H](Oc3cccc(C(F)(F)F)c3)C2)CCOCC1)c1ccc(O)cc1.Cl. The number of phenolic OH excluding ortho intramolecular Hbond substituents is 1. The summed E-state index contributed by atoms with van der Waals surface area (Å²) < 4.78 is 50.5. The van der Waals surface area contributed by atoms with E-state index < -0.39 is 17.3 Å². The molecule has 2 fully saturated rings. The number of alkyl halides is 3. The van der Waals surface area contributed by atoms with Gasteiger partial charge in [-0.2, -0.15) is 13.2 Å². The minimum Gasteiger partial charge on any atom is -0.508 e. The molecule has 2 N–H and O–H groups in total. The summed E-state index contributed by atoms with van der Waals surface area (Å²) in [6, 6.07) is 11.3. The Kier molecular flexibility index (Phi) is 8.56. The third kappa shape index (κ3) is 6.20. The Morgan fingerprint density at radius 1 is 1.20 bits per heavy atom. The van der Waals surface area contributed by atoms with E-state index in [1.165, 1.54) is 12.1 Å². The van der Waals surface area contributed by atoms with Gasteiger partial charge in [0.15, 0.2) is 0 Å². The fraction of sp³-hybridized carbons (Fsp3) is 0.480. The number of rotatable bonds is 6. The van der Waals surface area contributed by atoms with Crippen LogP contribution in [-0.4, -0.2) is 53.9 Å². The second-order valence-electron chi connectivity index (χ2n) is 8.93. The van der Waals surface area contributed by atoms with Crippen LogP contribution in [0.5, 0.6) is 11.5 Å². The Balaban J connectivity index is 0.00000342. The van der Waals surface area contributed by atoms with Crippen LogP contribution in [0, 0.1) is 0 Å². The number of halogens is 4. The number of hydrogen-bond donors (Lipinski definition) is 2. The van der Waals surface area contributed by atoms with Gasteiger partial charge in [0.05, 0.1) is 11.6 Å². The first kappa shape index (κ1) is 27.1. The number of ether oxygens (including phenoxy) is 2. The second kappa shape index (κ2) is 11.1. The van der Waals surface area contributed by atoms with Crippen molar-refractivity contribution in [3.63, 3.8) is 0 Å². The zero-order chi connectivity index (χ0) is 24.3. The number of carbonyl (C=O) groups is 1. The number of nitrogens with one attached hydrogen (secondary N) is 1. The minimum absolute atomic E-state index is 0. The topological polar surface area (TPSA) is 71.0 Å². The van der Waals surface area contributed by atoms with Gasteiger partial charge in [0.2, 0.25) is 5.91 Å². The summed E-state index contributed by atoms with van der Waals surface area (Å²) in [5.74, 6) is 0.233. The van der Waals surface area contributed by atoms with Crippen LogP contribution in [0.4, 0.5) is 13.2 Å². The highest BCUT2D eigenvalue weighted by atomic mass is 35.5. The van der Waals surface area contributed by atoms with Gasteiger partial charge in [0, 0.05) is 26.3 Å². The smallest absolute Gasteiger partial charge is 0.416 e. The van der Waals surface area contributed by atoms with Gasteiger partial charge in [-0.05, 0) is 62.1 Å². The van der Waals surface area contributed by atoms with Gasteiger partial charge in [0.25, 0.3) is 0 Å². The van der Waals surface area contributed by atoms with Crippen molar-refractivity contribution in [1.29, 1.82) is 0 Å². The number of hydrogen-bond acceptors (Lipinski definition) is 5. The Labute approximate surface area is 208 Å². The summed E-state index contributed by atoms with van der Waals surface area (Å²) >= 11 is 0. The highest BCUT2D eigenvalue weighted by Gasteiger charge is 2.48. The van der Waals surface area contributed by atoms with Crippen LogP contribution in [0.15, 0.2) is 48.5 Å². The standard InChI is InChI=1S/C25H29F3N2O4.ClH/c1-17(18-5-7-20(31)8-6-18)29-23(32)24(10-13-33-14-11-24)30-12-9-22(16-30)34-21-4-2-3-19(15-21)25(26,27)28;/h2-8,15,17,22,31H,9-14,16H2,1H3,(H,29,32);1H/t17-,22+;/m0./s1. The molecule has 0 bridgehead atoms. The summed E-state index contributed by atoms with van der Waals surface area (Å²) in [7, 11) is 0. The Morgan fingerprint density at radius 3 is 2.54 bits per heavy atom. The zero-order valence-corrected chi connectivity index (χ0v) is 20.2. The number of nitrogens with zero attached hydrogens (tertiary/aromatic N) is 1. The summed E-state index contributed by atoms with van der Waals surface area (Å²) in [5, 5.41) is 12.6. The molecule has 0 saturated carbocycles. The highest BCUT2D eigenvalue weighted by molar-refractivity contribution is 5.87. The fourth-order valence-electron chi connectivity index (χ4n) is 4.72. The van der Waals surface area contributed by atoms with Crippen molar-refractivity contribution in [3.05, 3.63) is 59.7 Å². The lowest BCUT2D eigenvalue weighted by Crippen LogP contribution is -2.61. The van der Waals surface area contributed by atoms with Gasteiger partial charge in [-0.25, -0.2) is 0 Å². The predicted octanol–water partition coefficient (Wildman–Crippen LogP) is 4.71. The molecule has 4 rings (SSSR count). The number of phenols is 1. The molecule has 6 nitrogen and oxygen atoms in total. The minimum atomic E-state index is -4.43. The monoisotopic (exact) mass is 514 g/mol. The quantitative estimate of drug-likeness (QED) is 0.584. The number of likely N-dealkylation sites (tertiary alicyclic amines) is 1. The molecule has 2 aromatic rings. The molecule has 2 aliphatic heterocycles. The van der Waals surface area contributed by atoms with E-state index >= 15 is 0 Å². The molecule has 1 amide bonds. The van der Waals surface area contributed by atoms with Crippen LogP contribution in [-0.2, 0) is 15.7 Å². The largest absolute Gasteiger partial charge is 0.508 e. The van der Waals surface area contributed by atoms with E-state index in [-0.39, 0.29) is 42.0 Å². The average molecular weight is 515 g/mol. The van der Waals surface area contributed by atoms with Crippen molar-refractivity contribution < 1.29 is 32.5 Å². The van der Waals surface area contributed by atoms with Gasteiger partial charge in [-0.1, -0.05) is 18.2 Å². The van der Waals surface area contributed by atoms with E-state index in [1.807, 2.05) is 6.92 Å². The molecule has 0 unspecified atom stereocenters. The first-order valence-corrected chi connectivity index (χ1v) is 11.4. The normalized spacial score (nSPS) is 21.1.